The summed E-state index contributed by atoms with van der Waals surface area (Å²) in [6.07, 6.45) is 6.48. The number of hydrogen-bond donors (Lipinski definition) is 1. The summed E-state index contributed by atoms with van der Waals surface area (Å²) in [6.45, 7) is 5.53. The molecule has 2 heteroatoms. The van der Waals surface area contributed by atoms with Crippen LogP contribution in [0.3, 0.4) is 0 Å². The minimum absolute atomic E-state index is 0.679. The van der Waals surface area contributed by atoms with Gasteiger partial charge in [-0.25, -0.2) is 0 Å². The number of nitrogens with zero attached hydrogens (tertiary/aromatic N) is 1. The molecular weight excluding hydrogens is 232 g/mol. The molecule has 1 atom stereocenters. The van der Waals surface area contributed by atoms with Crippen LogP contribution < -0.4 is 10.2 Å². The Morgan fingerprint density at radius 2 is 1.68 bits per heavy atom. The molecule has 0 bridgehead atoms. The minimum atomic E-state index is 0.679. The Labute approximate surface area is 119 Å². The second kappa shape index (κ2) is 8.98. The average Bonchev–Trinajstić information content (AvgIpc) is 2.42. The van der Waals surface area contributed by atoms with E-state index in [0.29, 0.717) is 6.04 Å². The smallest absolute Gasteiger partial charge is 0.0361 e. The first kappa shape index (κ1) is 16.0. The van der Waals surface area contributed by atoms with Crippen LogP contribution in [0.15, 0.2) is 24.3 Å². The summed E-state index contributed by atoms with van der Waals surface area (Å²) in [7, 11) is 4.16. The fourth-order valence-electron chi connectivity index (χ4n) is 2.32. The maximum atomic E-state index is 3.71. The fourth-order valence-corrected chi connectivity index (χ4v) is 2.32. The van der Waals surface area contributed by atoms with Crippen LogP contribution in [0.2, 0.25) is 0 Å². The normalized spacial score (nSPS) is 12.4. The third-order valence-corrected chi connectivity index (χ3v) is 3.59. The molecule has 0 aliphatic heterocycles. The van der Waals surface area contributed by atoms with Crippen molar-refractivity contribution in [2.75, 3.05) is 19.0 Å². The van der Waals surface area contributed by atoms with E-state index in [1.54, 1.807) is 0 Å². The molecule has 1 rings (SSSR count). The van der Waals surface area contributed by atoms with E-state index in [-0.39, 0.29) is 0 Å². The van der Waals surface area contributed by atoms with Gasteiger partial charge in [-0.1, -0.05) is 45.2 Å². The van der Waals surface area contributed by atoms with Crippen LogP contribution in [0, 0.1) is 0 Å². The highest BCUT2D eigenvalue weighted by Gasteiger charge is 2.06. The van der Waals surface area contributed by atoms with Crippen LogP contribution in [0.5, 0.6) is 0 Å². The van der Waals surface area contributed by atoms with E-state index >= 15 is 0 Å². The van der Waals surface area contributed by atoms with Crippen LogP contribution in [0.4, 0.5) is 5.69 Å². The maximum absolute atomic E-state index is 3.71. The molecule has 1 aromatic carbocycles. The van der Waals surface area contributed by atoms with Crippen molar-refractivity contribution in [3.05, 3.63) is 29.8 Å². The third-order valence-electron chi connectivity index (χ3n) is 3.59. The zero-order valence-electron chi connectivity index (χ0n) is 13.1. The lowest BCUT2D eigenvalue weighted by Crippen LogP contribution is -2.28. The van der Waals surface area contributed by atoms with E-state index in [0.717, 1.165) is 6.54 Å². The Kier molecular flexibility index (Phi) is 7.57. The topological polar surface area (TPSA) is 15.3 Å². The van der Waals surface area contributed by atoms with Crippen molar-refractivity contribution in [1.29, 1.82) is 0 Å². The van der Waals surface area contributed by atoms with Crippen molar-refractivity contribution in [1.82, 2.24) is 5.32 Å². The van der Waals surface area contributed by atoms with Gasteiger partial charge in [-0.05, 0) is 30.5 Å². The molecule has 1 N–H and O–H groups in total. The molecule has 0 saturated heterocycles. The summed E-state index contributed by atoms with van der Waals surface area (Å²) in [5, 5.41) is 3.71. The SMILES string of the molecule is CCCCC(CCC)NCc1ccc(N(C)C)cc1. The number of unbranched alkanes of at least 4 members (excludes halogenated alkanes) is 1. The van der Waals surface area contributed by atoms with Gasteiger partial charge in [0, 0.05) is 32.4 Å². The summed E-state index contributed by atoms with van der Waals surface area (Å²) < 4.78 is 0. The zero-order chi connectivity index (χ0) is 14.1. The standard InChI is InChI=1S/C17H30N2/c1-5-7-9-16(8-6-2)18-14-15-10-12-17(13-11-15)19(3)4/h10-13,16,18H,5-9,14H2,1-4H3. The Morgan fingerprint density at radius 3 is 2.21 bits per heavy atom. The molecule has 108 valence electrons. The Balaban J connectivity index is 2.44. The number of nitrogens with one attached hydrogen (secondary N) is 1. The largest absolute Gasteiger partial charge is 0.378 e. The van der Waals surface area contributed by atoms with E-state index in [9.17, 15) is 0 Å². The van der Waals surface area contributed by atoms with E-state index in [4.69, 9.17) is 0 Å². The van der Waals surface area contributed by atoms with Gasteiger partial charge in [-0.3, -0.25) is 0 Å². The molecule has 1 aromatic rings. The Morgan fingerprint density at radius 1 is 1.00 bits per heavy atom. The first-order valence-electron chi connectivity index (χ1n) is 7.67. The van der Waals surface area contributed by atoms with Crippen LogP contribution in [-0.2, 0) is 6.54 Å². The van der Waals surface area contributed by atoms with Crippen LogP contribution in [-0.4, -0.2) is 20.1 Å². The molecule has 2 nitrogen and oxygen atoms in total. The van der Waals surface area contributed by atoms with E-state index in [1.165, 1.54) is 43.4 Å². The molecular formula is C17H30N2. The van der Waals surface area contributed by atoms with Gasteiger partial charge in [-0.15, -0.1) is 0 Å². The van der Waals surface area contributed by atoms with Gasteiger partial charge in [0.1, 0.15) is 0 Å². The second-order valence-electron chi connectivity index (χ2n) is 5.57. The number of hydrogen-bond acceptors (Lipinski definition) is 2. The predicted octanol–water partition coefficient (Wildman–Crippen LogP) is 4.20. The molecule has 0 aliphatic rings. The van der Waals surface area contributed by atoms with Crippen molar-refractivity contribution in [3.8, 4) is 0 Å². The molecule has 0 saturated carbocycles. The predicted molar refractivity (Wildman–Crippen MR) is 85.8 cm³/mol. The van der Waals surface area contributed by atoms with Crippen molar-refractivity contribution >= 4 is 5.69 Å². The number of anilines is 1. The summed E-state index contributed by atoms with van der Waals surface area (Å²) in [5.41, 5.74) is 2.64. The molecule has 0 fully saturated rings. The lowest BCUT2D eigenvalue weighted by atomic mass is 10.0. The minimum Gasteiger partial charge on any atom is -0.378 e. The third kappa shape index (κ3) is 6.11. The first-order valence-corrected chi connectivity index (χ1v) is 7.67. The molecule has 0 heterocycles. The van der Waals surface area contributed by atoms with E-state index in [2.05, 4.69) is 62.4 Å². The highest BCUT2D eigenvalue weighted by molar-refractivity contribution is 5.45. The molecule has 1 unspecified atom stereocenters. The van der Waals surface area contributed by atoms with Gasteiger partial charge >= 0.3 is 0 Å². The lowest BCUT2D eigenvalue weighted by molar-refractivity contribution is 0.434. The molecule has 0 aliphatic carbocycles. The van der Waals surface area contributed by atoms with Crippen molar-refractivity contribution in [2.24, 2.45) is 0 Å². The monoisotopic (exact) mass is 262 g/mol. The Bertz CT molecular complexity index is 330. The van der Waals surface area contributed by atoms with Gasteiger partial charge in [0.2, 0.25) is 0 Å². The van der Waals surface area contributed by atoms with Gasteiger partial charge in [0.25, 0.3) is 0 Å². The summed E-state index contributed by atoms with van der Waals surface area (Å²) in [6, 6.07) is 9.52. The van der Waals surface area contributed by atoms with E-state index in [1.807, 2.05) is 0 Å². The van der Waals surface area contributed by atoms with Crippen molar-refractivity contribution < 1.29 is 0 Å². The van der Waals surface area contributed by atoms with Gasteiger partial charge in [0.15, 0.2) is 0 Å². The second-order valence-corrected chi connectivity index (χ2v) is 5.57. The summed E-state index contributed by atoms with van der Waals surface area (Å²) in [5.74, 6) is 0. The van der Waals surface area contributed by atoms with Crippen molar-refractivity contribution in [3.63, 3.8) is 0 Å². The fraction of sp³-hybridized carbons (Fsp3) is 0.647. The van der Waals surface area contributed by atoms with Crippen LogP contribution in [0.25, 0.3) is 0 Å². The van der Waals surface area contributed by atoms with Gasteiger partial charge in [0.05, 0.1) is 0 Å². The summed E-state index contributed by atoms with van der Waals surface area (Å²) >= 11 is 0. The molecule has 0 aromatic heterocycles. The summed E-state index contributed by atoms with van der Waals surface area (Å²) in [4.78, 5) is 2.14. The van der Waals surface area contributed by atoms with E-state index < -0.39 is 0 Å². The zero-order valence-corrected chi connectivity index (χ0v) is 13.1. The number of benzene rings is 1. The highest BCUT2D eigenvalue weighted by atomic mass is 15.1. The molecule has 0 amide bonds. The average molecular weight is 262 g/mol. The van der Waals surface area contributed by atoms with Crippen LogP contribution in [0.1, 0.15) is 51.5 Å². The maximum Gasteiger partial charge on any atom is 0.0361 e. The lowest BCUT2D eigenvalue weighted by Gasteiger charge is -2.18. The van der Waals surface area contributed by atoms with Crippen molar-refractivity contribution in [2.45, 2.75) is 58.5 Å². The highest BCUT2D eigenvalue weighted by Crippen LogP contribution is 2.13. The van der Waals surface area contributed by atoms with Gasteiger partial charge < -0.3 is 10.2 Å². The van der Waals surface area contributed by atoms with Gasteiger partial charge in [-0.2, -0.15) is 0 Å². The van der Waals surface area contributed by atoms with Crippen LogP contribution >= 0.6 is 0 Å². The molecule has 0 radical (unpaired) electrons. The molecule has 0 spiro atoms. The molecule has 19 heavy (non-hydrogen) atoms. The Hall–Kier alpha value is -1.02. The first-order chi connectivity index (χ1) is 9.17. The quantitative estimate of drug-likeness (QED) is 0.717. The number of rotatable bonds is 9.